The summed E-state index contributed by atoms with van der Waals surface area (Å²) in [5.41, 5.74) is 6.06. The van der Waals surface area contributed by atoms with E-state index in [4.69, 9.17) is 0 Å². The summed E-state index contributed by atoms with van der Waals surface area (Å²) in [5.74, 6) is 0. The monoisotopic (exact) mass is 313 g/mol. The Bertz CT molecular complexity index is 357. The first-order valence-electron chi connectivity index (χ1n) is 6.77. The average Bonchev–Trinajstić information content (AvgIpc) is 2.73. The number of para-hydroxylation sites is 2. The van der Waals surface area contributed by atoms with Crippen LogP contribution in [-0.2, 0) is 0 Å². The Balaban J connectivity index is 0.00000162. The van der Waals surface area contributed by atoms with Gasteiger partial charge in [0.1, 0.15) is 0 Å². The van der Waals surface area contributed by atoms with Crippen LogP contribution in [0.4, 0.5) is 11.4 Å². The Hall–Kier alpha value is -0.740. The van der Waals surface area contributed by atoms with Gasteiger partial charge < -0.3 is 0 Å². The molecule has 0 aromatic heterocycles. The highest BCUT2D eigenvalue weighted by atomic mass is 79.9. The predicted octanol–water partition coefficient (Wildman–Crippen LogP) is 3.91. The molecule has 1 heterocycles. The van der Waals surface area contributed by atoms with E-state index in [2.05, 4.69) is 53.7 Å². The van der Waals surface area contributed by atoms with Gasteiger partial charge in [0.25, 0.3) is 0 Å². The highest BCUT2D eigenvalue weighted by Crippen LogP contribution is 2.32. The van der Waals surface area contributed by atoms with E-state index in [9.17, 15) is 0 Å². The van der Waals surface area contributed by atoms with Gasteiger partial charge in [0.2, 0.25) is 0 Å². The van der Waals surface area contributed by atoms with E-state index in [1.165, 1.54) is 37.1 Å². The van der Waals surface area contributed by atoms with Crippen molar-refractivity contribution in [2.45, 2.75) is 39.5 Å². The molecule has 0 unspecified atom stereocenters. The number of halogens is 1. The number of benzene rings is 1. The molecule has 3 nitrogen and oxygen atoms in total. The van der Waals surface area contributed by atoms with Crippen LogP contribution in [0.25, 0.3) is 0 Å². The van der Waals surface area contributed by atoms with Crippen LogP contribution in [0.5, 0.6) is 0 Å². The fourth-order valence-electron chi connectivity index (χ4n) is 2.28. The van der Waals surface area contributed by atoms with E-state index in [1.54, 1.807) is 0 Å². The number of anilines is 2. The molecule has 4 heteroatoms. The van der Waals surface area contributed by atoms with Crippen molar-refractivity contribution in [1.82, 2.24) is 5.53 Å². The summed E-state index contributed by atoms with van der Waals surface area (Å²) in [7, 11) is 0. The fraction of sp³-hybridized carbons (Fsp3) is 0.571. The summed E-state index contributed by atoms with van der Waals surface area (Å²) in [6.07, 6.45) is 5.22. The summed E-state index contributed by atoms with van der Waals surface area (Å²) in [6.45, 7) is 6.50. The lowest BCUT2D eigenvalue weighted by Crippen LogP contribution is -2.44. The molecule has 0 aliphatic carbocycles. The van der Waals surface area contributed by atoms with Crippen molar-refractivity contribution in [3.05, 3.63) is 24.3 Å². The zero-order valence-electron chi connectivity index (χ0n) is 11.4. The van der Waals surface area contributed by atoms with Crippen LogP contribution in [0.1, 0.15) is 39.5 Å². The molecule has 102 valence electrons. The molecule has 0 amide bonds. The Labute approximate surface area is 121 Å². The Morgan fingerprint density at radius 2 is 1.61 bits per heavy atom. The van der Waals surface area contributed by atoms with E-state index in [0.29, 0.717) is 0 Å². The first-order chi connectivity index (χ1) is 8.36. The van der Waals surface area contributed by atoms with Crippen LogP contribution in [0, 0.1) is 0 Å². The van der Waals surface area contributed by atoms with Crippen molar-refractivity contribution in [3.8, 4) is 0 Å². The van der Waals surface area contributed by atoms with Crippen molar-refractivity contribution in [2.24, 2.45) is 0 Å². The smallest absolute Gasteiger partial charge is 0.0785 e. The highest BCUT2D eigenvalue weighted by Gasteiger charge is 2.22. The van der Waals surface area contributed by atoms with Gasteiger partial charge in [0.05, 0.1) is 11.4 Å². The highest BCUT2D eigenvalue weighted by molar-refractivity contribution is 8.93. The SMILES string of the molecule is Br.CCCCCCN1NN(CC)c2ccccc21. The lowest BCUT2D eigenvalue weighted by molar-refractivity contribution is 0.581. The summed E-state index contributed by atoms with van der Waals surface area (Å²) in [5, 5.41) is 4.48. The molecule has 1 aromatic rings. The number of fused-ring (bicyclic) bond motifs is 1. The number of unbranched alkanes of at least 4 members (excludes halogenated alkanes) is 3. The summed E-state index contributed by atoms with van der Waals surface area (Å²) >= 11 is 0. The quantitative estimate of drug-likeness (QED) is 0.803. The number of hydrazine groups is 2. The van der Waals surface area contributed by atoms with Crippen LogP contribution in [0.15, 0.2) is 24.3 Å². The van der Waals surface area contributed by atoms with E-state index in [1.807, 2.05) is 0 Å². The molecular formula is C14H24BrN3. The van der Waals surface area contributed by atoms with Crippen LogP contribution in [-0.4, -0.2) is 13.1 Å². The normalized spacial score (nSPS) is 13.4. The maximum atomic E-state index is 3.45. The molecule has 1 aliphatic rings. The van der Waals surface area contributed by atoms with Gasteiger partial charge in [-0.1, -0.05) is 38.3 Å². The van der Waals surface area contributed by atoms with Crippen LogP contribution in [0.3, 0.4) is 0 Å². The molecule has 18 heavy (non-hydrogen) atoms. The minimum atomic E-state index is 0. The Morgan fingerprint density at radius 3 is 2.22 bits per heavy atom. The second-order valence-corrected chi connectivity index (χ2v) is 4.55. The van der Waals surface area contributed by atoms with Gasteiger partial charge in [-0.05, 0) is 25.5 Å². The molecule has 0 saturated carbocycles. The second kappa shape index (κ2) is 7.64. The Morgan fingerprint density at radius 1 is 0.944 bits per heavy atom. The van der Waals surface area contributed by atoms with Crippen LogP contribution >= 0.6 is 17.0 Å². The largest absolute Gasteiger partial charge is 0.289 e. The molecule has 0 bridgehead atoms. The van der Waals surface area contributed by atoms with Crippen LogP contribution in [0.2, 0.25) is 0 Å². The minimum Gasteiger partial charge on any atom is -0.289 e. The third kappa shape index (κ3) is 3.39. The molecule has 0 fully saturated rings. The van der Waals surface area contributed by atoms with E-state index in [0.717, 1.165) is 13.1 Å². The first kappa shape index (κ1) is 15.3. The summed E-state index contributed by atoms with van der Waals surface area (Å²) in [6, 6.07) is 8.58. The van der Waals surface area contributed by atoms with Gasteiger partial charge in [-0.2, -0.15) is 0 Å². The standard InChI is InChI=1S/C14H23N3.BrH/c1-3-5-6-9-12-17-14-11-8-7-10-13(14)16(4-2)15-17;/h7-8,10-11,15H,3-6,9,12H2,1-2H3;1H. The topological polar surface area (TPSA) is 18.5 Å². The zero-order chi connectivity index (χ0) is 12.1. The van der Waals surface area contributed by atoms with Crippen molar-refractivity contribution < 1.29 is 0 Å². The molecule has 2 rings (SSSR count). The Kier molecular flexibility index (Phi) is 6.50. The van der Waals surface area contributed by atoms with Crippen molar-refractivity contribution >= 4 is 28.4 Å². The number of hydrogen-bond donors (Lipinski definition) is 1. The number of rotatable bonds is 6. The molecule has 1 N–H and O–H groups in total. The maximum Gasteiger partial charge on any atom is 0.0785 e. The fourth-order valence-corrected chi connectivity index (χ4v) is 2.28. The van der Waals surface area contributed by atoms with Gasteiger partial charge in [-0.3, -0.25) is 10.0 Å². The number of hydrogen-bond acceptors (Lipinski definition) is 3. The van der Waals surface area contributed by atoms with Crippen molar-refractivity contribution in [2.75, 3.05) is 23.1 Å². The lowest BCUT2D eigenvalue weighted by atomic mass is 10.2. The van der Waals surface area contributed by atoms with Crippen LogP contribution < -0.4 is 15.6 Å². The van der Waals surface area contributed by atoms with Gasteiger partial charge in [-0.25, -0.2) is 0 Å². The van der Waals surface area contributed by atoms with Crippen molar-refractivity contribution in [3.63, 3.8) is 0 Å². The predicted molar refractivity (Wildman–Crippen MR) is 84.4 cm³/mol. The van der Waals surface area contributed by atoms with Gasteiger partial charge in [0, 0.05) is 13.1 Å². The second-order valence-electron chi connectivity index (χ2n) is 4.55. The lowest BCUT2D eigenvalue weighted by Gasteiger charge is -2.21. The van der Waals surface area contributed by atoms with E-state index in [-0.39, 0.29) is 17.0 Å². The zero-order valence-corrected chi connectivity index (χ0v) is 13.1. The third-order valence-corrected chi connectivity index (χ3v) is 3.26. The molecular weight excluding hydrogens is 290 g/mol. The maximum absolute atomic E-state index is 3.45. The van der Waals surface area contributed by atoms with Gasteiger partial charge in [-0.15, -0.1) is 22.5 Å². The molecule has 0 saturated heterocycles. The summed E-state index contributed by atoms with van der Waals surface area (Å²) < 4.78 is 0. The minimum absolute atomic E-state index is 0. The van der Waals surface area contributed by atoms with E-state index < -0.39 is 0 Å². The van der Waals surface area contributed by atoms with E-state index >= 15 is 0 Å². The third-order valence-electron chi connectivity index (χ3n) is 3.26. The molecule has 1 aliphatic heterocycles. The molecule has 0 spiro atoms. The van der Waals surface area contributed by atoms with Gasteiger partial charge in [0.15, 0.2) is 0 Å². The molecule has 0 atom stereocenters. The number of nitrogens with one attached hydrogen (secondary N) is 1. The first-order valence-corrected chi connectivity index (χ1v) is 6.77. The van der Waals surface area contributed by atoms with Crippen molar-refractivity contribution in [1.29, 1.82) is 0 Å². The number of nitrogens with zero attached hydrogens (tertiary/aromatic N) is 2. The van der Waals surface area contributed by atoms with Gasteiger partial charge >= 0.3 is 0 Å². The summed E-state index contributed by atoms with van der Waals surface area (Å²) in [4.78, 5) is 0. The molecule has 0 radical (unpaired) electrons. The average molecular weight is 314 g/mol. The molecule has 1 aromatic carbocycles.